The van der Waals surface area contributed by atoms with Crippen LogP contribution < -0.4 is 11.1 Å². The Bertz CT molecular complexity index is 406. The fraction of sp³-hybridized carbons (Fsp3) is 0.929. The zero-order valence-corrected chi connectivity index (χ0v) is 14.6. The lowest BCUT2D eigenvalue weighted by atomic mass is 9.83. The lowest BCUT2D eigenvalue weighted by Gasteiger charge is -2.29. The minimum atomic E-state index is -3.06. The van der Waals surface area contributed by atoms with Crippen LogP contribution in [0.3, 0.4) is 0 Å². The van der Waals surface area contributed by atoms with Crippen LogP contribution in [0.25, 0.3) is 0 Å². The van der Waals surface area contributed by atoms with Crippen LogP contribution in [0, 0.1) is 5.92 Å². The van der Waals surface area contributed by atoms with Crippen molar-refractivity contribution in [2.24, 2.45) is 11.7 Å². The molecule has 1 amide bonds. The van der Waals surface area contributed by atoms with Crippen LogP contribution >= 0.6 is 12.4 Å². The zero-order valence-electron chi connectivity index (χ0n) is 13.0. The van der Waals surface area contributed by atoms with E-state index >= 15 is 0 Å². The quantitative estimate of drug-likeness (QED) is 0.737. The standard InChI is InChI=1S/C14H28N2O3S.ClH/c1-3-4-11-5-7-12(8-6-11)16-14(17)13(15)9-10-20(2,18)19;/h11-13H,3-10,15H2,1-2H3,(H,16,17);1H. The third kappa shape index (κ3) is 8.63. The van der Waals surface area contributed by atoms with Crippen LogP contribution in [-0.2, 0) is 14.6 Å². The van der Waals surface area contributed by atoms with Crippen LogP contribution in [0.15, 0.2) is 0 Å². The molecular weight excluding hydrogens is 312 g/mol. The molecule has 0 aromatic carbocycles. The van der Waals surface area contributed by atoms with Gasteiger partial charge in [0.15, 0.2) is 0 Å². The van der Waals surface area contributed by atoms with Crippen LogP contribution in [0.4, 0.5) is 0 Å². The highest BCUT2D eigenvalue weighted by atomic mass is 35.5. The maximum atomic E-state index is 11.9. The number of hydrogen-bond acceptors (Lipinski definition) is 4. The summed E-state index contributed by atoms with van der Waals surface area (Å²) < 4.78 is 22.1. The number of nitrogens with two attached hydrogens (primary N) is 1. The molecule has 1 rings (SSSR count). The SMILES string of the molecule is CCCC1CCC(NC(=O)C(N)CCS(C)(=O)=O)CC1.Cl. The maximum Gasteiger partial charge on any atom is 0.237 e. The molecule has 1 aliphatic carbocycles. The number of hydrogen-bond donors (Lipinski definition) is 2. The van der Waals surface area contributed by atoms with Gasteiger partial charge in [-0.3, -0.25) is 4.79 Å². The number of amides is 1. The summed E-state index contributed by atoms with van der Waals surface area (Å²) in [4.78, 5) is 11.9. The number of halogens is 1. The van der Waals surface area contributed by atoms with Gasteiger partial charge < -0.3 is 11.1 Å². The smallest absolute Gasteiger partial charge is 0.237 e. The highest BCUT2D eigenvalue weighted by molar-refractivity contribution is 7.90. The second kappa shape index (κ2) is 9.64. The van der Waals surface area contributed by atoms with Gasteiger partial charge in [0.25, 0.3) is 0 Å². The molecule has 0 radical (unpaired) electrons. The average Bonchev–Trinajstić information content (AvgIpc) is 2.37. The van der Waals surface area contributed by atoms with Crippen LogP contribution in [0.1, 0.15) is 51.9 Å². The van der Waals surface area contributed by atoms with Gasteiger partial charge in [0.2, 0.25) is 5.91 Å². The fourth-order valence-corrected chi connectivity index (χ4v) is 3.47. The molecule has 0 bridgehead atoms. The molecule has 0 aromatic rings. The van der Waals surface area contributed by atoms with Crippen molar-refractivity contribution < 1.29 is 13.2 Å². The average molecular weight is 341 g/mol. The van der Waals surface area contributed by atoms with Crippen molar-refractivity contribution >= 4 is 28.2 Å². The summed E-state index contributed by atoms with van der Waals surface area (Å²) in [6.45, 7) is 2.20. The van der Waals surface area contributed by atoms with E-state index in [1.54, 1.807) is 0 Å². The van der Waals surface area contributed by atoms with Gasteiger partial charge in [0.05, 0.1) is 11.8 Å². The minimum absolute atomic E-state index is 0. The monoisotopic (exact) mass is 340 g/mol. The van der Waals surface area contributed by atoms with Gasteiger partial charge in [0.1, 0.15) is 9.84 Å². The van der Waals surface area contributed by atoms with Crippen molar-refractivity contribution in [3.8, 4) is 0 Å². The molecule has 5 nitrogen and oxygen atoms in total. The molecule has 0 spiro atoms. The van der Waals surface area contributed by atoms with E-state index < -0.39 is 15.9 Å². The van der Waals surface area contributed by atoms with E-state index in [4.69, 9.17) is 5.73 Å². The van der Waals surface area contributed by atoms with Gasteiger partial charge in [0, 0.05) is 12.3 Å². The van der Waals surface area contributed by atoms with Gasteiger partial charge in [-0.1, -0.05) is 19.8 Å². The van der Waals surface area contributed by atoms with Crippen molar-refractivity contribution in [1.29, 1.82) is 0 Å². The normalized spacial score (nSPS) is 24.0. The van der Waals surface area contributed by atoms with E-state index in [0.717, 1.165) is 37.9 Å². The summed E-state index contributed by atoms with van der Waals surface area (Å²) in [7, 11) is -3.06. The molecule has 0 saturated heterocycles. The van der Waals surface area contributed by atoms with E-state index in [1.807, 2.05) is 0 Å². The summed E-state index contributed by atoms with van der Waals surface area (Å²) in [6.07, 6.45) is 8.19. The molecule has 7 heteroatoms. The molecule has 0 heterocycles. The van der Waals surface area contributed by atoms with Crippen molar-refractivity contribution in [3.63, 3.8) is 0 Å². The molecule has 1 atom stereocenters. The summed E-state index contributed by atoms with van der Waals surface area (Å²) >= 11 is 0. The minimum Gasteiger partial charge on any atom is -0.352 e. The Morgan fingerprint density at radius 2 is 1.86 bits per heavy atom. The van der Waals surface area contributed by atoms with Gasteiger partial charge in [-0.15, -0.1) is 12.4 Å². The summed E-state index contributed by atoms with van der Waals surface area (Å²) in [5, 5.41) is 2.96. The molecule has 0 aliphatic heterocycles. The zero-order chi connectivity index (χ0) is 15.2. The fourth-order valence-electron chi connectivity index (χ4n) is 2.78. The lowest BCUT2D eigenvalue weighted by Crippen LogP contribution is -2.47. The third-order valence-electron chi connectivity index (χ3n) is 4.03. The number of carbonyl (C=O) groups excluding carboxylic acids is 1. The molecule has 3 N–H and O–H groups in total. The first-order valence-corrected chi connectivity index (χ1v) is 9.61. The molecule has 126 valence electrons. The predicted octanol–water partition coefficient (Wildman–Crippen LogP) is 1.65. The Morgan fingerprint density at radius 3 is 2.33 bits per heavy atom. The van der Waals surface area contributed by atoms with Crippen LogP contribution in [0.5, 0.6) is 0 Å². The molecular formula is C14H29ClN2O3S. The predicted molar refractivity (Wildman–Crippen MR) is 88.3 cm³/mol. The highest BCUT2D eigenvalue weighted by Gasteiger charge is 2.24. The summed E-state index contributed by atoms with van der Waals surface area (Å²) in [5.41, 5.74) is 5.74. The van der Waals surface area contributed by atoms with Crippen molar-refractivity contribution in [2.45, 2.75) is 64.0 Å². The first kappa shape index (κ1) is 20.7. The van der Waals surface area contributed by atoms with Gasteiger partial charge >= 0.3 is 0 Å². The van der Waals surface area contributed by atoms with E-state index in [1.165, 1.54) is 12.8 Å². The summed E-state index contributed by atoms with van der Waals surface area (Å²) in [6, 6.07) is -0.516. The van der Waals surface area contributed by atoms with E-state index in [9.17, 15) is 13.2 Å². The van der Waals surface area contributed by atoms with Crippen LogP contribution in [0.2, 0.25) is 0 Å². The molecule has 1 unspecified atom stereocenters. The van der Waals surface area contributed by atoms with Crippen molar-refractivity contribution in [3.05, 3.63) is 0 Å². The second-order valence-electron chi connectivity index (χ2n) is 6.04. The first-order valence-electron chi connectivity index (χ1n) is 7.55. The summed E-state index contributed by atoms with van der Waals surface area (Å²) in [5.74, 6) is 0.546. The Balaban J connectivity index is 0.00000400. The molecule has 1 fully saturated rings. The van der Waals surface area contributed by atoms with Gasteiger partial charge in [-0.2, -0.15) is 0 Å². The first-order chi connectivity index (χ1) is 9.31. The number of rotatable bonds is 7. The third-order valence-corrected chi connectivity index (χ3v) is 5.00. The lowest BCUT2D eigenvalue weighted by molar-refractivity contribution is -0.123. The van der Waals surface area contributed by atoms with E-state index in [-0.39, 0.29) is 36.5 Å². The topological polar surface area (TPSA) is 89.3 Å². The largest absolute Gasteiger partial charge is 0.352 e. The Morgan fingerprint density at radius 1 is 1.29 bits per heavy atom. The van der Waals surface area contributed by atoms with Crippen molar-refractivity contribution in [2.75, 3.05) is 12.0 Å². The molecule has 21 heavy (non-hydrogen) atoms. The number of nitrogens with one attached hydrogen (secondary N) is 1. The number of carbonyl (C=O) groups is 1. The molecule has 0 aromatic heterocycles. The van der Waals surface area contributed by atoms with E-state index in [2.05, 4.69) is 12.2 Å². The van der Waals surface area contributed by atoms with Gasteiger partial charge in [-0.05, 0) is 38.0 Å². The van der Waals surface area contributed by atoms with Crippen LogP contribution in [-0.4, -0.2) is 38.4 Å². The second-order valence-corrected chi connectivity index (χ2v) is 8.30. The van der Waals surface area contributed by atoms with Crippen molar-refractivity contribution in [1.82, 2.24) is 5.32 Å². The maximum absolute atomic E-state index is 11.9. The number of sulfone groups is 1. The molecule has 1 saturated carbocycles. The molecule has 1 aliphatic rings. The Labute approximate surface area is 134 Å². The van der Waals surface area contributed by atoms with E-state index in [0.29, 0.717) is 0 Å². The highest BCUT2D eigenvalue weighted by Crippen LogP contribution is 2.27. The van der Waals surface area contributed by atoms with Gasteiger partial charge in [-0.25, -0.2) is 8.42 Å². The Kier molecular flexibility index (Phi) is 9.49. The Hall–Kier alpha value is -0.330.